The number of halogens is 2. The molecule has 2 aliphatic rings. The summed E-state index contributed by atoms with van der Waals surface area (Å²) < 4.78 is 23.7. The molecule has 0 spiro atoms. The van der Waals surface area contributed by atoms with Crippen molar-refractivity contribution in [2.24, 2.45) is 0 Å². The Bertz CT molecular complexity index is 408. The van der Waals surface area contributed by atoms with E-state index < -0.39 is 6.17 Å². The summed E-state index contributed by atoms with van der Waals surface area (Å²) >= 11 is 6.04. The molecule has 2 unspecified atom stereocenters. The molecule has 15 heavy (non-hydrogen) atoms. The van der Waals surface area contributed by atoms with Crippen LogP contribution in [0.2, 0.25) is 5.02 Å². The van der Waals surface area contributed by atoms with Gasteiger partial charge in [-0.15, -0.1) is 0 Å². The van der Waals surface area contributed by atoms with E-state index in [1.807, 2.05) is 6.07 Å². The lowest BCUT2D eigenvalue weighted by atomic mass is 10.1. The van der Waals surface area contributed by atoms with E-state index in [1.54, 1.807) is 6.07 Å². The summed E-state index contributed by atoms with van der Waals surface area (Å²) in [4.78, 5) is 0. The molecule has 1 aliphatic carbocycles. The molecule has 1 aliphatic heterocycles. The Morgan fingerprint density at radius 3 is 2.73 bits per heavy atom. The molecule has 0 N–H and O–H groups in total. The fourth-order valence-corrected chi connectivity index (χ4v) is 2.13. The molecule has 3 rings (SSSR count). The van der Waals surface area contributed by atoms with E-state index in [0.717, 1.165) is 5.56 Å². The summed E-state index contributed by atoms with van der Waals surface area (Å²) in [6.45, 7) is 1.04. The quantitative estimate of drug-likeness (QED) is 0.736. The third-order valence-corrected chi connectivity index (χ3v) is 3.04. The van der Waals surface area contributed by atoms with Crippen molar-refractivity contribution in [2.45, 2.75) is 18.5 Å². The number of rotatable bonds is 1. The summed E-state index contributed by atoms with van der Waals surface area (Å²) in [6.07, 6.45) is -0.126. The van der Waals surface area contributed by atoms with Crippen LogP contribution in [-0.2, 0) is 0 Å². The Balaban J connectivity index is 2.01. The van der Waals surface area contributed by atoms with Gasteiger partial charge in [0.05, 0.1) is 5.02 Å². The van der Waals surface area contributed by atoms with E-state index in [0.29, 0.717) is 36.2 Å². The molecule has 1 fully saturated rings. The molecule has 80 valence electrons. The molecule has 1 saturated carbocycles. The van der Waals surface area contributed by atoms with E-state index >= 15 is 0 Å². The zero-order valence-corrected chi connectivity index (χ0v) is 8.76. The summed E-state index contributed by atoms with van der Waals surface area (Å²) in [5.41, 5.74) is 0.914. The van der Waals surface area contributed by atoms with E-state index in [9.17, 15) is 4.39 Å². The number of fused-ring (bicyclic) bond motifs is 1. The van der Waals surface area contributed by atoms with Crippen LogP contribution in [0.5, 0.6) is 11.5 Å². The van der Waals surface area contributed by atoms with Crippen molar-refractivity contribution in [2.75, 3.05) is 13.2 Å². The van der Waals surface area contributed by atoms with Crippen molar-refractivity contribution < 1.29 is 13.9 Å². The lowest BCUT2D eigenvalue weighted by Crippen LogP contribution is -2.15. The fraction of sp³-hybridized carbons (Fsp3) is 0.455. The largest absolute Gasteiger partial charge is 0.486 e. The minimum absolute atomic E-state index is 0.00155. The van der Waals surface area contributed by atoms with Gasteiger partial charge >= 0.3 is 0 Å². The van der Waals surface area contributed by atoms with Crippen LogP contribution in [0, 0.1) is 0 Å². The van der Waals surface area contributed by atoms with Gasteiger partial charge in [0.15, 0.2) is 11.5 Å². The van der Waals surface area contributed by atoms with Crippen molar-refractivity contribution in [3.8, 4) is 11.5 Å². The molecular formula is C11H10ClFO2. The van der Waals surface area contributed by atoms with Gasteiger partial charge in [0, 0.05) is 5.92 Å². The Morgan fingerprint density at radius 2 is 2.00 bits per heavy atom. The third-order valence-electron chi connectivity index (χ3n) is 2.76. The molecule has 0 amide bonds. The average Bonchev–Trinajstić information content (AvgIpc) is 2.96. The molecule has 0 radical (unpaired) electrons. The molecule has 1 heterocycles. The highest BCUT2D eigenvalue weighted by Crippen LogP contribution is 2.48. The fourth-order valence-electron chi connectivity index (χ4n) is 1.85. The lowest BCUT2D eigenvalue weighted by molar-refractivity contribution is 0.171. The first-order valence-corrected chi connectivity index (χ1v) is 5.36. The second-order valence-electron chi connectivity index (χ2n) is 3.89. The Kier molecular flexibility index (Phi) is 2.02. The molecule has 4 heteroatoms. The molecule has 1 aromatic carbocycles. The average molecular weight is 229 g/mol. The second kappa shape index (κ2) is 3.27. The maximum Gasteiger partial charge on any atom is 0.179 e. The van der Waals surface area contributed by atoms with Crippen molar-refractivity contribution in [1.29, 1.82) is 0 Å². The Morgan fingerprint density at radius 1 is 1.27 bits per heavy atom. The van der Waals surface area contributed by atoms with Gasteiger partial charge < -0.3 is 9.47 Å². The molecular weight excluding hydrogens is 219 g/mol. The molecule has 0 aromatic heterocycles. The summed E-state index contributed by atoms with van der Waals surface area (Å²) in [5, 5.41) is 0.515. The SMILES string of the molecule is FC1CC1c1cc(Cl)c2c(c1)OCCO2. The monoisotopic (exact) mass is 228 g/mol. The summed E-state index contributed by atoms with van der Waals surface area (Å²) in [6, 6.07) is 3.62. The third kappa shape index (κ3) is 1.55. The minimum atomic E-state index is -0.719. The van der Waals surface area contributed by atoms with Gasteiger partial charge in [-0.2, -0.15) is 0 Å². The van der Waals surface area contributed by atoms with Crippen molar-refractivity contribution in [1.82, 2.24) is 0 Å². The predicted octanol–water partition coefficient (Wildman–Crippen LogP) is 2.94. The molecule has 2 nitrogen and oxygen atoms in total. The molecule has 0 bridgehead atoms. The lowest BCUT2D eigenvalue weighted by Gasteiger charge is -2.20. The van der Waals surface area contributed by atoms with Crippen molar-refractivity contribution >= 4 is 11.6 Å². The van der Waals surface area contributed by atoms with Gasteiger partial charge in [0.25, 0.3) is 0 Å². The van der Waals surface area contributed by atoms with Crippen molar-refractivity contribution in [3.05, 3.63) is 22.7 Å². The first-order valence-electron chi connectivity index (χ1n) is 4.99. The molecule has 2 atom stereocenters. The van der Waals surface area contributed by atoms with Crippen LogP contribution in [-0.4, -0.2) is 19.4 Å². The molecule has 1 aromatic rings. The topological polar surface area (TPSA) is 18.5 Å². The Labute approximate surface area is 91.9 Å². The zero-order valence-electron chi connectivity index (χ0n) is 8.00. The summed E-state index contributed by atoms with van der Waals surface area (Å²) in [5.74, 6) is 1.23. The molecule has 0 saturated heterocycles. The maximum atomic E-state index is 12.9. The van der Waals surface area contributed by atoms with Crippen LogP contribution in [0.3, 0.4) is 0 Å². The zero-order chi connectivity index (χ0) is 10.4. The smallest absolute Gasteiger partial charge is 0.179 e. The highest BCUT2D eigenvalue weighted by molar-refractivity contribution is 6.32. The van der Waals surface area contributed by atoms with E-state index in [2.05, 4.69) is 0 Å². The second-order valence-corrected chi connectivity index (χ2v) is 4.29. The van der Waals surface area contributed by atoms with E-state index in [1.165, 1.54) is 0 Å². The first-order chi connectivity index (χ1) is 7.25. The maximum absolute atomic E-state index is 12.9. The van der Waals surface area contributed by atoms with Gasteiger partial charge in [-0.1, -0.05) is 11.6 Å². The van der Waals surface area contributed by atoms with Gasteiger partial charge in [-0.05, 0) is 24.1 Å². The Hall–Kier alpha value is -0.960. The number of hydrogen-bond acceptors (Lipinski definition) is 2. The van der Waals surface area contributed by atoms with E-state index in [-0.39, 0.29) is 5.92 Å². The summed E-state index contributed by atoms with van der Waals surface area (Å²) in [7, 11) is 0. The number of hydrogen-bond donors (Lipinski definition) is 0. The van der Waals surface area contributed by atoms with Crippen LogP contribution < -0.4 is 9.47 Å². The van der Waals surface area contributed by atoms with Gasteiger partial charge in [-0.3, -0.25) is 0 Å². The number of benzene rings is 1. The van der Waals surface area contributed by atoms with Gasteiger partial charge in [0.2, 0.25) is 0 Å². The van der Waals surface area contributed by atoms with Gasteiger partial charge in [-0.25, -0.2) is 4.39 Å². The van der Waals surface area contributed by atoms with Crippen LogP contribution in [0.4, 0.5) is 4.39 Å². The van der Waals surface area contributed by atoms with Crippen LogP contribution in [0.1, 0.15) is 17.9 Å². The standard InChI is InChI=1S/C11H10ClFO2/c12-8-3-6(7-5-9(7)13)4-10-11(8)15-2-1-14-10/h3-4,7,9H,1-2,5H2. The minimum Gasteiger partial charge on any atom is -0.486 e. The van der Waals surface area contributed by atoms with Crippen molar-refractivity contribution in [3.63, 3.8) is 0 Å². The first kappa shape index (κ1) is 9.28. The van der Waals surface area contributed by atoms with Gasteiger partial charge in [0.1, 0.15) is 19.4 Å². The highest BCUT2D eigenvalue weighted by atomic mass is 35.5. The number of alkyl halides is 1. The normalized spacial score (nSPS) is 27.6. The number of ether oxygens (including phenoxy) is 2. The van der Waals surface area contributed by atoms with E-state index in [4.69, 9.17) is 21.1 Å². The predicted molar refractivity (Wildman–Crippen MR) is 54.7 cm³/mol. The van der Waals surface area contributed by atoms with Crippen LogP contribution >= 0.6 is 11.6 Å². The highest BCUT2D eigenvalue weighted by Gasteiger charge is 2.39. The van der Waals surface area contributed by atoms with Crippen LogP contribution in [0.15, 0.2) is 12.1 Å². The van der Waals surface area contributed by atoms with Crippen LogP contribution in [0.25, 0.3) is 0 Å².